The zero-order valence-corrected chi connectivity index (χ0v) is 10.2. The maximum atomic E-state index is 9.87. The van der Waals surface area contributed by atoms with E-state index in [9.17, 15) is 10.2 Å². The van der Waals surface area contributed by atoms with Crippen molar-refractivity contribution in [1.82, 2.24) is 0 Å². The number of hydrogen-bond donors (Lipinski definition) is 2. The van der Waals surface area contributed by atoms with Crippen LogP contribution >= 0.6 is 15.9 Å². The summed E-state index contributed by atoms with van der Waals surface area (Å²) in [5.74, 6) is 0.290. The molecule has 0 heterocycles. The van der Waals surface area contributed by atoms with E-state index >= 15 is 0 Å². The molecular formula is C11H15BrO2. The van der Waals surface area contributed by atoms with Gasteiger partial charge in [0.25, 0.3) is 0 Å². The predicted octanol–water partition coefficient (Wildman–Crippen LogP) is 2.69. The summed E-state index contributed by atoms with van der Waals surface area (Å²) in [6.07, 6.45) is 0.0615. The molecule has 1 aromatic rings. The van der Waals surface area contributed by atoms with E-state index < -0.39 is 6.10 Å². The third-order valence-electron chi connectivity index (χ3n) is 2.32. The number of halogens is 1. The Morgan fingerprint density at radius 3 is 2.50 bits per heavy atom. The molecule has 0 aromatic heterocycles. The summed E-state index contributed by atoms with van der Waals surface area (Å²) < 4.78 is 0.904. The van der Waals surface area contributed by atoms with Gasteiger partial charge in [0.05, 0.1) is 6.10 Å². The van der Waals surface area contributed by atoms with Crippen LogP contribution in [0.5, 0.6) is 5.75 Å². The van der Waals surface area contributed by atoms with Gasteiger partial charge < -0.3 is 10.2 Å². The van der Waals surface area contributed by atoms with Crippen LogP contribution in [-0.2, 0) is 6.42 Å². The van der Waals surface area contributed by atoms with Crippen molar-refractivity contribution in [2.45, 2.75) is 33.3 Å². The number of phenols is 1. The van der Waals surface area contributed by atoms with Crippen LogP contribution in [-0.4, -0.2) is 16.3 Å². The number of hydrogen-bond acceptors (Lipinski definition) is 2. The number of aryl methyl sites for hydroxylation is 1. The van der Waals surface area contributed by atoms with E-state index in [4.69, 9.17) is 0 Å². The summed E-state index contributed by atoms with van der Waals surface area (Å²) in [4.78, 5) is 0. The van der Waals surface area contributed by atoms with Crippen molar-refractivity contribution in [3.63, 3.8) is 0 Å². The first-order chi connectivity index (χ1) is 6.43. The molecule has 3 heteroatoms. The minimum Gasteiger partial charge on any atom is -0.507 e. The summed E-state index contributed by atoms with van der Waals surface area (Å²) in [5.41, 5.74) is 2.66. The van der Waals surface area contributed by atoms with Gasteiger partial charge in [-0.05, 0) is 38.0 Å². The van der Waals surface area contributed by atoms with Crippen molar-refractivity contribution in [2.24, 2.45) is 0 Å². The Morgan fingerprint density at radius 1 is 1.43 bits per heavy atom. The van der Waals surface area contributed by atoms with Crippen LogP contribution in [0, 0.1) is 13.8 Å². The average molecular weight is 259 g/mol. The molecule has 78 valence electrons. The van der Waals surface area contributed by atoms with Gasteiger partial charge in [-0.3, -0.25) is 0 Å². The molecule has 0 saturated carbocycles. The van der Waals surface area contributed by atoms with Crippen LogP contribution < -0.4 is 0 Å². The molecule has 2 N–H and O–H groups in total. The van der Waals surface area contributed by atoms with Crippen LogP contribution in [0.4, 0.5) is 0 Å². The lowest BCUT2D eigenvalue weighted by Crippen LogP contribution is -2.06. The number of aliphatic hydroxyl groups is 1. The standard InChI is InChI=1S/C11H15BrO2/c1-6-4-10(12)8(3)11(14)9(6)5-7(2)13/h4,7,13-14H,5H2,1-3H3. The molecule has 0 aliphatic rings. The molecule has 2 nitrogen and oxygen atoms in total. The molecule has 1 aromatic carbocycles. The highest BCUT2D eigenvalue weighted by Crippen LogP contribution is 2.32. The fraction of sp³-hybridized carbons (Fsp3) is 0.455. The summed E-state index contributed by atoms with van der Waals surface area (Å²) in [7, 11) is 0. The fourth-order valence-corrected chi connectivity index (χ4v) is 2.00. The summed E-state index contributed by atoms with van der Waals surface area (Å²) in [6, 6.07) is 1.97. The maximum absolute atomic E-state index is 9.87. The predicted molar refractivity (Wildman–Crippen MR) is 60.7 cm³/mol. The molecule has 0 fully saturated rings. The normalized spacial score (nSPS) is 12.9. The van der Waals surface area contributed by atoms with Gasteiger partial charge in [-0.25, -0.2) is 0 Å². The van der Waals surface area contributed by atoms with Crippen molar-refractivity contribution in [2.75, 3.05) is 0 Å². The van der Waals surface area contributed by atoms with Crippen molar-refractivity contribution in [3.8, 4) is 5.75 Å². The summed E-state index contributed by atoms with van der Waals surface area (Å²) >= 11 is 3.37. The zero-order valence-electron chi connectivity index (χ0n) is 8.63. The molecule has 0 spiro atoms. The SMILES string of the molecule is Cc1cc(Br)c(C)c(O)c1CC(C)O. The second-order valence-corrected chi connectivity index (χ2v) is 4.53. The van der Waals surface area contributed by atoms with Gasteiger partial charge >= 0.3 is 0 Å². The third-order valence-corrected chi connectivity index (χ3v) is 3.14. The fourth-order valence-electron chi connectivity index (χ4n) is 1.46. The van der Waals surface area contributed by atoms with E-state index in [2.05, 4.69) is 15.9 Å². The first kappa shape index (κ1) is 11.5. The van der Waals surface area contributed by atoms with Crippen molar-refractivity contribution >= 4 is 15.9 Å². The van der Waals surface area contributed by atoms with Crippen LogP contribution in [0.2, 0.25) is 0 Å². The monoisotopic (exact) mass is 258 g/mol. The summed E-state index contributed by atoms with van der Waals surface area (Å²) in [5, 5.41) is 19.2. The molecule has 1 atom stereocenters. The topological polar surface area (TPSA) is 40.5 Å². The Bertz CT molecular complexity index is 346. The molecular weight excluding hydrogens is 244 g/mol. The first-order valence-electron chi connectivity index (χ1n) is 4.59. The molecule has 14 heavy (non-hydrogen) atoms. The number of aromatic hydroxyl groups is 1. The van der Waals surface area contributed by atoms with Gasteiger partial charge in [0.15, 0.2) is 0 Å². The van der Waals surface area contributed by atoms with Gasteiger partial charge in [0, 0.05) is 16.5 Å². The van der Waals surface area contributed by atoms with Crippen LogP contribution in [0.3, 0.4) is 0 Å². The van der Waals surface area contributed by atoms with Gasteiger partial charge in [-0.15, -0.1) is 0 Å². The van der Waals surface area contributed by atoms with Gasteiger partial charge in [-0.2, -0.15) is 0 Å². The highest BCUT2D eigenvalue weighted by Gasteiger charge is 2.12. The largest absolute Gasteiger partial charge is 0.507 e. The lowest BCUT2D eigenvalue weighted by Gasteiger charge is -2.13. The van der Waals surface area contributed by atoms with E-state index in [1.165, 1.54) is 0 Å². The molecule has 0 amide bonds. The Morgan fingerprint density at radius 2 is 2.00 bits per heavy atom. The number of phenolic OH excluding ortho intramolecular Hbond substituents is 1. The maximum Gasteiger partial charge on any atom is 0.123 e. The van der Waals surface area contributed by atoms with Crippen molar-refractivity contribution < 1.29 is 10.2 Å². The molecule has 1 unspecified atom stereocenters. The third kappa shape index (κ3) is 2.28. The smallest absolute Gasteiger partial charge is 0.123 e. The lowest BCUT2D eigenvalue weighted by atomic mass is 9.99. The number of benzene rings is 1. The van der Waals surface area contributed by atoms with Crippen molar-refractivity contribution in [1.29, 1.82) is 0 Å². The molecule has 0 saturated heterocycles. The van der Waals surface area contributed by atoms with Gasteiger partial charge in [-0.1, -0.05) is 15.9 Å². The highest BCUT2D eigenvalue weighted by atomic mass is 79.9. The van der Waals surface area contributed by atoms with E-state index in [1.54, 1.807) is 6.92 Å². The molecule has 0 aliphatic carbocycles. The van der Waals surface area contributed by atoms with Crippen LogP contribution in [0.15, 0.2) is 10.5 Å². The molecule has 0 bridgehead atoms. The average Bonchev–Trinajstić information content (AvgIpc) is 2.09. The minimum absolute atomic E-state index is 0.290. The zero-order chi connectivity index (χ0) is 10.9. The van der Waals surface area contributed by atoms with E-state index in [1.807, 2.05) is 19.9 Å². The Labute approximate surface area is 92.7 Å². The first-order valence-corrected chi connectivity index (χ1v) is 5.38. The lowest BCUT2D eigenvalue weighted by molar-refractivity contribution is 0.194. The van der Waals surface area contributed by atoms with E-state index in [0.29, 0.717) is 6.42 Å². The molecule has 0 aliphatic heterocycles. The summed E-state index contributed by atoms with van der Waals surface area (Å²) in [6.45, 7) is 5.50. The molecule has 0 radical (unpaired) electrons. The Balaban J connectivity index is 3.22. The minimum atomic E-state index is -0.430. The second kappa shape index (κ2) is 4.32. The quantitative estimate of drug-likeness (QED) is 0.857. The van der Waals surface area contributed by atoms with Crippen molar-refractivity contribution in [3.05, 3.63) is 27.2 Å². The van der Waals surface area contributed by atoms with E-state index in [0.717, 1.165) is 21.2 Å². The van der Waals surface area contributed by atoms with Crippen LogP contribution in [0.1, 0.15) is 23.6 Å². The van der Waals surface area contributed by atoms with E-state index in [-0.39, 0.29) is 5.75 Å². The van der Waals surface area contributed by atoms with Crippen LogP contribution in [0.25, 0.3) is 0 Å². The second-order valence-electron chi connectivity index (χ2n) is 3.68. The van der Waals surface area contributed by atoms with Gasteiger partial charge in [0.1, 0.15) is 5.75 Å². The Hall–Kier alpha value is -0.540. The molecule has 1 rings (SSSR count). The number of rotatable bonds is 2. The Kier molecular flexibility index (Phi) is 3.56. The van der Waals surface area contributed by atoms with Gasteiger partial charge in [0.2, 0.25) is 0 Å². The number of aliphatic hydroxyl groups excluding tert-OH is 1. The highest BCUT2D eigenvalue weighted by molar-refractivity contribution is 9.10.